The summed E-state index contributed by atoms with van der Waals surface area (Å²) in [4.78, 5) is 29.2. The molecule has 0 aromatic heterocycles. The molecule has 0 atom stereocenters. The predicted octanol–water partition coefficient (Wildman–Crippen LogP) is 5.14. The average molecular weight is 443 g/mol. The van der Waals surface area contributed by atoms with Crippen LogP contribution in [0.4, 0.5) is 5.69 Å². The third kappa shape index (κ3) is 5.11. The van der Waals surface area contributed by atoms with E-state index in [1.807, 2.05) is 67.6 Å². The summed E-state index contributed by atoms with van der Waals surface area (Å²) in [6.45, 7) is 4.61. The van der Waals surface area contributed by atoms with Crippen molar-refractivity contribution in [2.45, 2.75) is 25.2 Å². The van der Waals surface area contributed by atoms with E-state index in [1.54, 1.807) is 4.90 Å². The maximum absolute atomic E-state index is 13.3. The highest BCUT2D eigenvalue weighted by Crippen LogP contribution is 2.42. The summed E-state index contributed by atoms with van der Waals surface area (Å²) in [5.74, 6) is -0.311. The van der Waals surface area contributed by atoms with Crippen LogP contribution < -0.4 is 10.2 Å². The van der Waals surface area contributed by atoms with Crippen LogP contribution in [0.3, 0.4) is 0 Å². The summed E-state index contributed by atoms with van der Waals surface area (Å²) >= 11 is 1.45. The van der Waals surface area contributed by atoms with Gasteiger partial charge in [-0.2, -0.15) is 0 Å². The number of rotatable bonds is 6. The monoisotopic (exact) mass is 442 g/mol. The Morgan fingerprint density at radius 1 is 1.00 bits per heavy atom. The van der Waals surface area contributed by atoms with Crippen molar-refractivity contribution < 1.29 is 9.59 Å². The summed E-state index contributed by atoms with van der Waals surface area (Å²) in [5, 5.41) is 2.96. The number of nitrogens with one attached hydrogen (secondary N) is 1. The molecule has 0 fully saturated rings. The third-order valence-electron chi connectivity index (χ3n) is 5.43. The largest absolute Gasteiger partial charge is 0.354 e. The summed E-state index contributed by atoms with van der Waals surface area (Å²) in [6.07, 6.45) is 2.67. The number of amides is 2. The zero-order valence-electron chi connectivity index (χ0n) is 18.3. The van der Waals surface area contributed by atoms with Crippen LogP contribution >= 0.6 is 11.8 Å². The Kier molecular flexibility index (Phi) is 6.76. The van der Waals surface area contributed by atoms with Gasteiger partial charge in [-0.3, -0.25) is 14.5 Å². The van der Waals surface area contributed by atoms with Crippen LogP contribution in [0.5, 0.6) is 0 Å². The van der Waals surface area contributed by atoms with E-state index in [0.29, 0.717) is 11.4 Å². The number of hydrogen-bond acceptors (Lipinski definition) is 3. The molecule has 0 spiro atoms. The van der Waals surface area contributed by atoms with E-state index in [2.05, 4.69) is 30.4 Å². The van der Waals surface area contributed by atoms with Crippen LogP contribution in [0, 0.1) is 13.8 Å². The number of para-hydroxylation sites is 1. The molecule has 0 saturated carbocycles. The highest BCUT2D eigenvalue weighted by atomic mass is 32.2. The normalized spacial score (nSPS) is 14.4. The molecular weight excluding hydrogens is 416 g/mol. The van der Waals surface area contributed by atoms with Gasteiger partial charge in [0.15, 0.2) is 0 Å². The summed E-state index contributed by atoms with van der Waals surface area (Å²) in [7, 11) is 0. The van der Waals surface area contributed by atoms with Gasteiger partial charge >= 0.3 is 0 Å². The van der Waals surface area contributed by atoms with Crippen molar-refractivity contribution in [1.82, 2.24) is 5.32 Å². The Bertz CT molecular complexity index is 1190. The van der Waals surface area contributed by atoms with E-state index in [4.69, 9.17) is 0 Å². The molecule has 2 amide bonds. The molecule has 0 radical (unpaired) electrons. The number of nitrogens with zero attached hydrogens (tertiary/aromatic N) is 1. The number of carbonyl (C=O) groups is 2. The standard InChI is InChI=1S/C27H26N2O2S/c1-19-8-7-10-21(16-19)14-15-28-26(30)18-29-23-12-5-6-13-24(23)32-25(27(29)31)17-22-11-4-3-9-20(22)2/h3-13,16-17H,14-15,18H2,1-2H3,(H,28,30). The third-order valence-corrected chi connectivity index (χ3v) is 6.50. The lowest BCUT2D eigenvalue weighted by molar-refractivity contribution is -0.122. The van der Waals surface area contributed by atoms with Crippen molar-refractivity contribution in [3.8, 4) is 0 Å². The van der Waals surface area contributed by atoms with Crippen molar-refractivity contribution in [1.29, 1.82) is 0 Å². The molecule has 1 N–H and O–H groups in total. The minimum Gasteiger partial charge on any atom is -0.354 e. The molecule has 162 valence electrons. The maximum atomic E-state index is 13.3. The van der Waals surface area contributed by atoms with E-state index in [-0.39, 0.29) is 18.4 Å². The molecule has 3 aromatic rings. The van der Waals surface area contributed by atoms with Gasteiger partial charge in [-0.1, -0.05) is 78.0 Å². The van der Waals surface area contributed by atoms with Crippen molar-refractivity contribution in [2.75, 3.05) is 18.0 Å². The molecule has 0 bridgehead atoms. The fourth-order valence-electron chi connectivity index (χ4n) is 3.72. The predicted molar refractivity (Wildman–Crippen MR) is 132 cm³/mol. The highest BCUT2D eigenvalue weighted by Gasteiger charge is 2.30. The smallest absolute Gasteiger partial charge is 0.265 e. The molecule has 0 aliphatic carbocycles. The van der Waals surface area contributed by atoms with Gasteiger partial charge in [0.1, 0.15) is 6.54 Å². The number of carbonyl (C=O) groups excluding carboxylic acids is 2. The second-order valence-electron chi connectivity index (χ2n) is 7.92. The lowest BCUT2D eigenvalue weighted by atomic mass is 10.1. The van der Waals surface area contributed by atoms with Gasteiger partial charge < -0.3 is 5.32 Å². The van der Waals surface area contributed by atoms with E-state index >= 15 is 0 Å². The second kappa shape index (κ2) is 9.88. The fourth-order valence-corrected chi connectivity index (χ4v) is 4.77. The topological polar surface area (TPSA) is 49.4 Å². The second-order valence-corrected chi connectivity index (χ2v) is 9.00. The van der Waals surface area contributed by atoms with E-state index in [1.165, 1.54) is 22.9 Å². The Labute approximate surface area is 193 Å². The lowest BCUT2D eigenvalue weighted by Crippen LogP contribution is -2.43. The average Bonchev–Trinajstić information content (AvgIpc) is 2.78. The number of benzene rings is 3. The number of anilines is 1. The molecule has 1 heterocycles. The fraction of sp³-hybridized carbons (Fsp3) is 0.185. The van der Waals surface area contributed by atoms with Crippen molar-refractivity contribution in [3.63, 3.8) is 0 Å². The Balaban J connectivity index is 1.49. The van der Waals surface area contributed by atoms with E-state index in [0.717, 1.165) is 28.1 Å². The lowest BCUT2D eigenvalue weighted by Gasteiger charge is -2.30. The van der Waals surface area contributed by atoms with Crippen LogP contribution in [-0.2, 0) is 16.0 Å². The first kappa shape index (κ1) is 21.9. The molecule has 0 unspecified atom stereocenters. The molecule has 3 aromatic carbocycles. The molecule has 0 saturated heterocycles. The molecule has 5 heteroatoms. The van der Waals surface area contributed by atoms with Gasteiger partial charge in [-0.15, -0.1) is 0 Å². The van der Waals surface area contributed by atoms with Crippen LogP contribution in [0.15, 0.2) is 82.6 Å². The molecule has 4 rings (SSSR count). The first-order valence-electron chi connectivity index (χ1n) is 10.7. The quantitative estimate of drug-likeness (QED) is 0.538. The van der Waals surface area contributed by atoms with Crippen LogP contribution in [0.25, 0.3) is 6.08 Å². The maximum Gasteiger partial charge on any atom is 0.265 e. The van der Waals surface area contributed by atoms with E-state index < -0.39 is 0 Å². The van der Waals surface area contributed by atoms with Crippen molar-refractivity contribution in [3.05, 3.63) is 100.0 Å². The van der Waals surface area contributed by atoms with Gasteiger partial charge in [-0.05, 0) is 55.2 Å². The Morgan fingerprint density at radius 2 is 1.78 bits per heavy atom. The van der Waals surface area contributed by atoms with Gasteiger partial charge in [-0.25, -0.2) is 0 Å². The van der Waals surface area contributed by atoms with Crippen molar-refractivity contribution >= 4 is 35.3 Å². The SMILES string of the molecule is Cc1cccc(CCNC(=O)CN2C(=O)C(=Cc3ccccc3C)Sc3ccccc32)c1. The highest BCUT2D eigenvalue weighted by molar-refractivity contribution is 8.04. The number of thioether (sulfide) groups is 1. The van der Waals surface area contributed by atoms with Crippen LogP contribution in [0.2, 0.25) is 0 Å². The summed E-state index contributed by atoms with van der Waals surface area (Å²) in [5.41, 5.74) is 5.27. The summed E-state index contributed by atoms with van der Waals surface area (Å²) in [6, 6.07) is 24.0. The number of aryl methyl sites for hydroxylation is 2. The molecule has 32 heavy (non-hydrogen) atoms. The van der Waals surface area contributed by atoms with Gasteiger partial charge in [0, 0.05) is 11.4 Å². The van der Waals surface area contributed by atoms with Crippen molar-refractivity contribution in [2.24, 2.45) is 0 Å². The van der Waals surface area contributed by atoms with Gasteiger partial charge in [0.05, 0.1) is 10.6 Å². The molecule has 1 aliphatic heterocycles. The summed E-state index contributed by atoms with van der Waals surface area (Å²) < 4.78 is 0. The Hall–Kier alpha value is -3.31. The Morgan fingerprint density at radius 3 is 2.59 bits per heavy atom. The zero-order valence-corrected chi connectivity index (χ0v) is 19.1. The molecular formula is C27H26N2O2S. The van der Waals surface area contributed by atoms with Crippen LogP contribution in [0.1, 0.15) is 22.3 Å². The molecule has 1 aliphatic rings. The minimum atomic E-state index is -0.164. The first-order valence-corrected chi connectivity index (χ1v) is 11.5. The van der Waals surface area contributed by atoms with Gasteiger partial charge in [0.25, 0.3) is 5.91 Å². The van der Waals surface area contributed by atoms with Crippen LogP contribution in [-0.4, -0.2) is 24.9 Å². The minimum absolute atomic E-state index is 0.00463. The number of hydrogen-bond donors (Lipinski definition) is 1. The first-order chi connectivity index (χ1) is 15.5. The number of fused-ring (bicyclic) bond motifs is 1. The van der Waals surface area contributed by atoms with Gasteiger partial charge in [0.2, 0.25) is 5.91 Å². The molecule has 4 nitrogen and oxygen atoms in total. The van der Waals surface area contributed by atoms with E-state index in [9.17, 15) is 9.59 Å². The zero-order chi connectivity index (χ0) is 22.5.